The van der Waals surface area contributed by atoms with Crippen molar-refractivity contribution in [1.29, 1.82) is 0 Å². The van der Waals surface area contributed by atoms with Crippen LogP contribution >= 0.6 is 11.6 Å². The minimum Gasteiger partial charge on any atom is -0.383 e. The lowest BCUT2D eigenvalue weighted by atomic mass is 10.3. The second kappa shape index (κ2) is 8.03. The topological polar surface area (TPSA) is 38.8 Å². The van der Waals surface area contributed by atoms with Gasteiger partial charge in [0, 0.05) is 20.8 Å². The molecule has 0 aromatic carbocycles. The Morgan fingerprint density at radius 3 is 2.50 bits per heavy atom. The Morgan fingerprint density at radius 1 is 1.43 bits per heavy atom. The van der Waals surface area contributed by atoms with Gasteiger partial charge in [-0.3, -0.25) is 4.79 Å². The Balaban J connectivity index is 4.14. The first kappa shape index (κ1) is 13.7. The van der Waals surface area contributed by atoms with Crippen LogP contribution in [-0.4, -0.2) is 56.7 Å². The smallest absolute Gasteiger partial charge is 0.237 e. The van der Waals surface area contributed by atoms with Crippen LogP contribution in [-0.2, 0) is 14.3 Å². The maximum absolute atomic E-state index is 11.4. The molecule has 1 unspecified atom stereocenters. The number of rotatable bonds is 7. The molecule has 1 atom stereocenters. The highest BCUT2D eigenvalue weighted by Gasteiger charge is 2.18. The summed E-state index contributed by atoms with van der Waals surface area (Å²) in [6.45, 7) is 3.49. The molecular weight excluding hydrogens is 206 g/mol. The van der Waals surface area contributed by atoms with E-state index in [0.29, 0.717) is 19.8 Å². The summed E-state index contributed by atoms with van der Waals surface area (Å²) in [5.74, 6) is -0.0918. The molecule has 5 heteroatoms. The number of ether oxygens (including phenoxy) is 2. The van der Waals surface area contributed by atoms with Gasteiger partial charge in [0.05, 0.1) is 19.3 Å². The zero-order valence-electron chi connectivity index (χ0n) is 8.96. The molecule has 14 heavy (non-hydrogen) atoms. The lowest BCUT2D eigenvalue weighted by Gasteiger charge is -2.27. The molecule has 0 aliphatic heterocycles. The van der Waals surface area contributed by atoms with Gasteiger partial charge < -0.3 is 14.4 Å². The van der Waals surface area contributed by atoms with Crippen molar-refractivity contribution in [3.8, 4) is 0 Å². The largest absolute Gasteiger partial charge is 0.383 e. The molecule has 0 aromatic heterocycles. The minimum atomic E-state index is -0.0896. The molecule has 0 spiro atoms. The number of hydrogen-bond acceptors (Lipinski definition) is 3. The van der Waals surface area contributed by atoms with Gasteiger partial charge in [-0.25, -0.2) is 0 Å². The van der Waals surface area contributed by atoms with Gasteiger partial charge in [-0.05, 0) is 6.92 Å². The van der Waals surface area contributed by atoms with Gasteiger partial charge >= 0.3 is 0 Å². The minimum absolute atomic E-state index is 0.00221. The average Bonchev–Trinajstić information content (AvgIpc) is 2.18. The van der Waals surface area contributed by atoms with Gasteiger partial charge in [-0.1, -0.05) is 0 Å². The summed E-state index contributed by atoms with van der Waals surface area (Å²) in [5, 5.41) is 0. The first-order valence-electron chi connectivity index (χ1n) is 4.50. The molecule has 0 radical (unpaired) electrons. The number of halogens is 1. The first-order valence-corrected chi connectivity index (χ1v) is 5.04. The summed E-state index contributed by atoms with van der Waals surface area (Å²) in [5.41, 5.74) is 0. The Morgan fingerprint density at radius 2 is 2.07 bits per heavy atom. The Labute approximate surface area is 90.1 Å². The number of carbonyl (C=O) groups is 1. The van der Waals surface area contributed by atoms with E-state index in [0.717, 1.165) is 0 Å². The lowest BCUT2D eigenvalue weighted by Crippen LogP contribution is -2.43. The van der Waals surface area contributed by atoms with E-state index in [-0.39, 0.29) is 17.8 Å². The summed E-state index contributed by atoms with van der Waals surface area (Å²) in [6.07, 6.45) is 0. The molecule has 0 bridgehead atoms. The van der Waals surface area contributed by atoms with E-state index >= 15 is 0 Å². The van der Waals surface area contributed by atoms with Crippen LogP contribution < -0.4 is 0 Å². The van der Waals surface area contributed by atoms with E-state index in [2.05, 4.69) is 0 Å². The van der Waals surface area contributed by atoms with E-state index in [1.165, 1.54) is 0 Å². The van der Waals surface area contributed by atoms with Crippen LogP contribution in [0, 0.1) is 0 Å². The van der Waals surface area contributed by atoms with Crippen molar-refractivity contribution >= 4 is 17.5 Å². The van der Waals surface area contributed by atoms with E-state index in [4.69, 9.17) is 21.1 Å². The summed E-state index contributed by atoms with van der Waals surface area (Å²) in [4.78, 5) is 13.1. The van der Waals surface area contributed by atoms with Crippen LogP contribution in [0.25, 0.3) is 0 Å². The zero-order chi connectivity index (χ0) is 11.0. The standard InChI is InChI=1S/C9H18ClNO3/c1-8(7-14-3)11(4-5-13-2)9(12)6-10/h8H,4-7H2,1-3H3. The Hall–Kier alpha value is -0.320. The van der Waals surface area contributed by atoms with E-state index in [1.54, 1.807) is 19.1 Å². The molecule has 0 rings (SSSR count). The zero-order valence-corrected chi connectivity index (χ0v) is 9.71. The fourth-order valence-electron chi connectivity index (χ4n) is 1.19. The average molecular weight is 224 g/mol. The van der Waals surface area contributed by atoms with Gasteiger partial charge in [0.1, 0.15) is 5.88 Å². The monoisotopic (exact) mass is 223 g/mol. The van der Waals surface area contributed by atoms with Gasteiger partial charge in [0.25, 0.3) is 0 Å². The molecule has 4 nitrogen and oxygen atoms in total. The van der Waals surface area contributed by atoms with Gasteiger partial charge in [0.2, 0.25) is 5.91 Å². The number of nitrogens with zero attached hydrogens (tertiary/aromatic N) is 1. The van der Waals surface area contributed by atoms with Gasteiger partial charge in [-0.2, -0.15) is 0 Å². The van der Waals surface area contributed by atoms with Crippen LogP contribution in [0.5, 0.6) is 0 Å². The van der Waals surface area contributed by atoms with Crippen LogP contribution in [0.15, 0.2) is 0 Å². The maximum atomic E-state index is 11.4. The third-order valence-corrected chi connectivity index (χ3v) is 2.14. The Kier molecular flexibility index (Phi) is 7.84. The lowest BCUT2D eigenvalue weighted by molar-refractivity contribution is -0.132. The number of hydrogen-bond donors (Lipinski definition) is 0. The molecule has 0 aliphatic rings. The quantitative estimate of drug-likeness (QED) is 0.598. The molecule has 1 amide bonds. The van der Waals surface area contributed by atoms with Crippen LogP contribution in [0.4, 0.5) is 0 Å². The summed E-state index contributed by atoms with van der Waals surface area (Å²) >= 11 is 5.50. The molecule has 84 valence electrons. The molecule has 0 aromatic rings. The van der Waals surface area contributed by atoms with Crippen molar-refractivity contribution in [1.82, 2.24) is 4.90 Å². The van der Waals surface area contributed by atoms with E-state index in [1.807, 2.05) is 6.92 Å². The maximum Gasteiger partial charge on any atom is 0.237 e. The summed E-state index contributed by atoms with van der Waals surface area (Å²) in [7, 11) is 3.21. The normalized spacial score (nSPS) is 12.6. The third-order valence-electron chi connectivity index (χ3n) is 1.91. The van der Waals surface area contributed by atoms with Crippen molar-refractivity contribution in [3.05, 3.63) is 0 Å². The summed E-state index contributed by atoms with van der Waals surface area (Å²) in [6, 6.07) is 0.0291. The SMILES string of the molecule is COCCN(C(=O)CCl)C(C)COC. The molecule has 0 heterocycles. The van der Waals surface area contributed by atoms with Gasteiger partial charge in [-0.15, -0.1) is 11.6 Å². The Bertz CT molecular complexity index is 166. The predicted octanol–water partition coefficient (Wildman–Crippen LogP) is 0.735. The number of carbonyl (C=O) groups excluding carboxylic acids is 1. The molecule has 0 saturated heterocycles. The molecule has 0 N–H and O–H groups in total. The third kappa shape index (κ3) is 4.79. The van der Waals surface area contributed by atoms with Crippen LogP contribution in [0.3, 0.4) is 0 Å². The highest BCUT2D eigenvalue weighted by Crippen LogP contribution is 2.01. The van der Waals surface area contributed by atoms with Gasteiger partial charge in [0.15, 0.2) is 0 Å². The fourth-order valence-corrected chi connectivity index (χ4v) is 1.34. The first-order chi connectivity index (χ1) is 6.67. The van der Waals surface area contributed by atoms with Crippen molar-refractivity contribution in [2.24, 2.45) is 0 Å². The van der Waals surface area contributed by atoms with Crippen molar-refractivity contribution in [2.45, 2.75) is 13.0 Å². The fraction of sp³-hybridized carbons (Fsp3) is 0.889. The number of alkyl halides is 1. The van der Waals surface area contributed by atoms with Crippen LogP contribution in [0.2, 0.25) is 0 Å². The second-order valence-electron chi connectivity index (χ2n) is 3.02. The van der Waals surface area contributed by atoms with Crippen molar-refractivity contribution in [3.63, 3.8) is 0 Å². The second-order valence-corrected chi connectivity index (χ2v) is 3.29. The molecule has 0 fully saturated rings. The van der Waals surface area contributed by atoms with E-state index < -0.39 is 0 Å². The number of amides is 1. The van der Waals surface area contributed by atoms with Crippen molar-refractivity contribution in [2.75, 3.05) is 39.9 Å². The highest BCUT2D eigenvalue weighted by molar-refractivity contribution is 6.27. The van der Waals surface area contributed by atoms with E-state index in [9.17, 15) is 4.79 Å². The van der Waals surface area contributed by atoms with Crippen molar-refractivity contribution < 1.29 is 14.3 Å². The predicted molar refractivity (Wildman–Crippen MR) is 55.6 cm³/mol. The molecule has 0 aliphatic carbocycles. The summed E-state index contributed by atoms with van der Waals surface area (Å²) < 4.78 is 9.90. The molecule has 0 saturated carbocycles. The van der Waals surface area contributed by atoms with Crippen LogP contribution in [0.1, 0.15) is 6.92 Å². The highest BCUT2D eigenvalue weighted by atomic mass is 35.5. The number of methoxy groups -OCH3 is 2. The molecular formula is C9H18ClNO3.